The van der Waals surface area contributed by atoms with E-state index in [1.54, 1.807) is 0 Å². The van der Waals surface area contributed by atoms with E-state index in [1.165, 1.54) is 0 Å². The molecule has 3 nitrogen and oxygen atoms in total. The molecule has 94 valence electrons. The zero-order chi connectivity index (χ0) is 12.0. The maximum Gasteiger partial charge on any atom is 0.306 e. The molecule has 0 aliphatic carbocycles. The molecule has 1 fully saturated rings. The maximum atomic E-state index is 11.6. The van der Waals surface area contributed by atoms with Crippen molar-refractivity contribution in [1.82, 2.24) is 5.32 Å². The first-order valence-electron chi connectivity index (χ1n) is 6.05. The van der Waals surface area contributed by atoms with Crippen molar-refractivity contribution in [2.45, 2.75) is 45.1 Å². The Morgan fingerprint density at radius 1 is 1.44 bits per heavy atom. The Bertz CT molecular complexity index is 225. The van der Waals surface area contributed by atoms with Crippen molar-refractivity contribution in [2.24, 2.45) is 5.92 Å². The fraction of sp³-hybridized carbons (Fsp3) is 0.917. The van der Waals surface area contributed by atoms with Gasteiger partial charge in [0.05, 0.1) is 0 Å². The average Bonchev–Trinajstić information content (AvgIpc) is 2.27. The van der Waals surface area contributed by atoms with Gasteiger partial charge >= 0.3 is 5.97 Å². The number of carbonyl (C=O) groups is 1. The number of piperidine rings is 1. The van der Waals surface area contributed by atoms with Crippen molar-refractivity contribution >= 4 is 21.9 Å². The zero-order valence-electron chi connectivity index (χ0n) is 10.2. The second-order valence-corrected chi connectivity index (χ2v) is 5.69. The molecule has 1 heterocycles. The lowest BCUT2D eigenvalue weighted by atomic mass is 9.83. The summed E-state index contributed by atoms with van der Waals surface area (Å²) in [5, 5.41) is 4.18. The third-order valence-corrected chi connectivity index (χ3v) is 3.77. The third-order valence-electron chi connectivity index (χ3n) is 3.21. The van der Waals surface area contributed by atoms with E-state index >= 15 is 0 Å². The van der Waals surface area contributed by atoms with Crippen LogP contribution in [0.15, 0.2) is 0 Å². The number of rotatable bonds is 5. The van der Waals surface area contributed by atoms with Gasteiger partial charge in [0.1, 0.15) is 5.60 Å². The second-order valence-electron chi connectivity index (χ2n) is 4.89. The molecule has 0 amide bonds. The van der Waals surface area contributed by atoms with Crippen LogP contribution in [0, 0.1) is 5.92 Å². The van der Waals surface area contributed by atoms with E-state index < -0.39 is 0 Å². The molecular formula is C12H22BrNO2. The molecule has 1 aliphatic rings. The van der Waals surface area contributed by atoms with Crippen molar-refractivity contribution in [2.75, 3.05) is 18.4 Å². The van der Waals surface area contributed by atoms with E-state index in [1.807, 2.05) is 13.8 Å². The van der Waals surface area contributed by atoms with Crippen LogP contribution in [-0.2, 0) is 9.53 Å². The average molecular weight is 292 g/mol. The SMILES string of the molecule is CC(C)(OC(=O)CCCBr)C1CCNCC1. The summed E-state index contributed by atoms with van der Waals surface area (Å²) >= 11 is 3.32. The van der Waals surface area contributed by atoms with E-state index in [0.29, 0.717) is 12.3 Å². The maximum absolute atomic E-state index is 11.6. The summed E-state index contributed by atoms with van der Waals surface area (Å²) in [6.45, 7) is 6.14. The molecule has 0 bridgehead atoms. The van der Waals surface area contributed by atoms with Crippen LogP contribution in [-0.4, -0.2) is 30.0 Å². The number of carbonyl (C=O) groups excluding carboxylic acids is 1. The second kappa shape index (κ2) is 6.60. The number of esters is 1. The Kier molecular flexibility index (Phi) is 5.76. The minimum Gasteiger partial charge on any atom is -0.459 e. The van der Waals surface area contributed by atoms with Gasteiger partial charge in [0.2, 0.25) is 0 Å². The Morgan fingerprint density at radius 2 is 2.06 bits per heavy atom. The molecule has 0 unspecified atom stereocenters. The molecule has 0 radical (unpaired) electrons. The zero-order valence-corrected chi connectivity index (χ0v) is 11.8. The topological polar surface area (TPSA) is 38.3 Å². The van der Waals surface area contributed by atoms with E-state index in [2.05, 4.69) is 21.2 Å². The number of halogens is 1. The predicted octanol–water partition coefficient (Wildman–Crippen LogP) is 2.48. The van der Waals surface area contributed by atoms with Crippen LogP contribution in [0.5, 0.6) is 0 Å². The third kappa shape index (κ3) is 4.42. The molecule has 0 aromatic heterocycles. The molecule has 0 saturated carbocycles. The lowest BCUT2D eigenvalue weighted by Gasteiger charge is -2.36. The Balaban J connectivity index is 2.39. The van der Waals surface area contributed by atoms with E-state index in [4.69, 9.17) is 4.74 Å². The van der Waals surface area contributed by atoms with Crippen LogP contribution in [0.3, 0.4) is 0 Å². The first-order valence-corrected chi connectivity index (χ1v) is 7.17. The van der Waals surface area contributed by atoms with Gasteiger partial charge in [0.25, 0.3) is 0 Å². The van der Waals surface area contributed by atoms with Gasteiger partial charge in [-0.25, -0.2) is 0 Å². The minimum atomic E-state index is -0.314. The number of hydrogen-bond acceptors (Lipinski definition) is 3. The molecule has 4 heteroatoms. The highest BCUT2D eigenvalue weighted by molar-refractivity contribution is 9.09. The van der Waals surface area contributed by atoms with Gasteiger partial charge in [-0.2, -0.15) is 0 Å². The normalized spacial score (nSPS) is 18.4. The first-order chi connectivity index (χ1) is 7.56. The van der Waals surface area contributed by atoms with Crippen molar-refractivity contribution in [3.8, 4) is 0 Å². The Morgan fingerprint density at radius 3 is 2.62 bits per heavy atom. The highest BCUT2D eigenvalue weighted by Gasteiger charge is 2.33. The monoisotopic (exact) mass is 291 g/mol. The molecular weight excluding hydrogens is 270 g/mol. The number of nitrogens with one attached hydrogen (secondary N) is 1. The van der Waals surface area contributed by atoms with Gasteiger partial charge in [0.15, 0.2) is 0 Å². The van der Waals surface area contributed by atoms with Crippen LogP contribution < -0.4 is 5.32 Å². The summed E-state index contributed by atoms with van der Waals surface area (Å²) < 4.78 is 5.59. The van der Waals surface area contributed by atoms with Crippen LogP contribution in [0.2, 0.25) is 0 Å². The standard InChI is InChI=1S/C12H22BrNO2/c1-12(2,10-5-8-14-9-6-10)16-11(15)4-3-7-13/h10,14H,3-9H2,1-2H3. The fourth-order valence-electron chi connectivity index (χ4n) is 2.16. The largest absolute Gasteiger partial charge is 0.459 e. The van der Waals surface area contributed by atoms with Crippen LogP contribution in [0.1, 0.15) is 39.5 Å². The van der Waals surface area contributed by atoms with Gasteiger partial charge in [0, 0.05) is 17.7 Å². The molecule has 1 aliphatic heterocycles. The van der Waals surface area contributed by atoms with Crippen molar-refractivity contribution in [3.05, 3.63) is 0 Å². The highest BCUT2D eigenvalue weighted by Crippen LogP contribution is 2.29. The minimum absolute atomic E-state index is 0.0667. The van der Waals surface area contributed by atoms with Gasteiger partial charge < -0.3 is 10.1 Å². The molecule has 1 saturated heterocycles. The van der Waals surface area contributed by atoms with Crippen molar-refractivity contribution in [1.29, 1.82) is 0 Å². The molecule has 0 atom stereocenters. The molecule has 0 aromatic carbocycles. The molecule has 0 aromatic rings. The van der Waals surface area contributed by atoms with E-state index in [9.17, 15) is 4.79 Å². The van der Waals surface area contributed by atoms with E-state index in [-0.39, 0.29) is 11.6 Å². The van der Waals surface area contributed by atoms with E-state index in [0.717, 1.165) is 37.7 Å². The van der Waals surface area contributed by atoms with Crippen LogP contribution in [0.4, 0.5) is 0 Å². The smallest absolute Gasteiger partial charge is 0.306 e. The summed E-state index contributed by atoms with van der Waals surface area (Å²) in [5.74, 6) is 0.421. The summed E-state index contributed by atoms with van der Waals surface area (Å²) in [6, 6.07) is 0. The first kappa shape index (κ1) is 14.0. The number of alkyl halides is 1. The molecule has 0 spiro atoms. The number of hydrogen-bond donors (Lipinski definition) is 1. The van der Waals surface area contributed by atoms with Crippen molar-refractivity contribution < 1.29 is 9.53 Å². The summed E-state index contributed by atoms with van der Waals surface area (Å²) in [4.78, 5) is 11.6. The van der Waals surface area contributed by atoms with Crippen LogP contribution in [0.25, 0.3) is 0 Å². The number of ether oxygens (including phenoxy) is 1. The van der Waals surface area contributed by atoms with Gasteiger partial charge in [-0.15, -0.1) is 0 Å². The lowest BCUT2D eigenvalue weighted by Crippen LogP contribution is -2.42. The van der Waals surface area contributed by atoms with Gasteiger partial charge in [-0.1, -0.05) is 15.9 Å². The predicted molar refractivity (Wildman–Crippen MR) is 68.8 cm³/mol. The molecule has 1 rings (SSSR count). The molecule has 1 N–H and O–H groups in total. The molecule has 16 heavy (non-hydrogen) atoms. The quantitative estimate of drug-likeness (QED) is 0.625. The lowest BCUT2D eigenvalue weighted by molar-refractivity contribution is -0.162. The Labute approximate surface area is 106 Å². The van der Waals surface area contributed by atoms with Gasteiger partial charge in [-0.05, 0) is 46.2 Å². The van der Waals surface area contributed by atoms with Crippen LogP contribution >= 0.6 is 15.9 Å². The van der Waals surface area contributed by atoms with Crippen molar-refractivity contribution in [3.63, 3.8) is 0 Å². The highest BCUT2D eigenvalue weighted by atomic mass is 79.9. The Hall–Kier alpha value is -0.0900. The summed E-state index contributed by atoms with van der Waals surface area (Å²) in [6.07, 6.45) is 3.55. The summed E-state index contributed by atoms with van der Waals surface area (Å²) in [7, 11) is 0. The summed E-state index contributed by atoms with van der Waals surface area (Å²) in [5.41, 5.74) is -0.314. The van der Waals surface area contributed by atoms with Gasteiger partial charge in [-0.3, -0.25) is 4.79 Å². The fourth-order valence-corrected chi connectivity index (χ4v) is 2.44.